The van der Waals surface area contributed by atoms with E-state index in [2.05, 4.69) is 20.9 Å². The number of hydrogen-bond acceptors (Lipinski definition) is 6. The molecule has 34 heavy (non-hydrogen) atoms. The summed E-state index contributed by atoms with van der Waals surface area (Å²) in [6.45, 7) is 1.18. The summed E-state index contributed by atoms with van der Waals surface area (Å²) in [5.41, 5.74) is 3.30. The summed E-state index contributed by atoms with van der Waals surface area (Å²) in [5, 5.41) is 11.3. The van der Waals surface area contributed by atoms with E-state index in [0.29, 0.717) is 29.3 Å². The van der Waals surface area contributed by atoms with Gasteiger partial charge in [-0.3, -0.25) is 0 Å². The highest BCUT2D eigenvalue weighted by Gasteiger charge is 2.37. The largest absolute Gasteiger partial charge is 0.362 e. The molecule has 5 rings (SSSR count). The number of imidazole rings is 1. The lowest BCUT2D eigenvalue weighted by Crippen LogP contribution is -2.45. The Morgan fingerprint density at radius 3 is 2.71 bits per heavy atom. The normalized spacial score (nSPS) is 16.6. The molecular weight excluding hydrogens is 466 g/mol. The van der Waals surface area contributed by atoms with Crippen LogP contribution in [-0.2, 0) is 29.5 Å². The Morgan fingerprint density at radius 2 is 2.00 bits per heavy atom. The maximum atomic E-state index is 13.8. The molecule has 1 aliphatic rings. The van der Waals surface area contributed by atoms with Crippen LogP contribution in [0.1, 0.15) is 22.5 Å². The molecule has 0 saturated heterocycles. The van der Waals surface area contributed by atoms with Crippen molar-refractivity contribution in [3.63, 3.8) is 0 Å². The molecule has 3 heterocycles. The van der Waals surface area contributed by atoms with Crippen molar-refractivity contribution in [3.05, 3.63) is 101 Å². The van der Waals surface area contributed by atoms with Gasteiger partial charge in [-0.2, -0.15) is 9.57 Å². The second kappa shape index (κ2) is 9.43. The first kappa shape index (κ1) is 22.3. The second-order valence-electron chi connectivity index (χ2n) is 8.20. The lowest BCUT2D eigenvalue weighted by molar-refractivity contribution is 0.318. The number of fused-ring (bicyclic) bond motifs is 1. The van der Waals surface area contributed by atoms with E-state index in [4.69, 9.17) is 0 Å². The van der Waals surface area contributed by atoms with Gasteiger partial charge in [-0.15, -0.1) is 11.3 Å². The SMILES string of the molecule is N#Cc1ccc2c(c1)CN(S(=O)(=O)c1cccs1)[C@@H](Cc1ccccc1)CN2Cc1ncc[nH]1. The van der Waals surface area contributed by atoms with Crippen LogP contribution >= 0.6 is 11.3 Å². The lowest BCUT2D eigenvalue weighted by atomic mass is 10.1. The predicted molar refractivity (Wildman–Crippen MR) is 132 cm³/mol. The van der Waals surface area contributed by atoms with Gasteiger partial charge in [-0.1, -0.05) is 36.4 Å². The van der Waals surface area contributed by atoms with Gasteiger partial charge in [0, 0.05) is 37.2 Å². The third-order valence-electron chi connectivity index (χ3n) is 5.98. The zero-order valence-corrected chi connectivity index (χ0v) is 20.0. The smallest absolute Gasteiger partial charge is 0.253 e. The highest BCUT2D eigenvalue weighted by atomic mass is 32.2. The minimum absolute atomic E-state index is 0.192. The number of nitrogens with one attached hydrogen (secondary N) is 1. The number of aromatic amines is 1. The van der Waals surface area contributed by atoms with E-state index in [0.717, 1.165) is 22.6 Å². The molecule has 1 N–H and O–H groups in total. The zero-order valence-electron chi connectivity index (χ0n) is 18.3. The molecule has 0 amide bonds. The summed E-state index contributed by atoms with van der Waals surface area (Å²) in [6.07, 6.45) is 4.06. The third kappa shape index (κ3) is 4.48. The molecule has 4 aromatic rings. The topological polar surface area (TPSA) is 93.1 Å². The van der Waals surface area contributed by atoms with Gasteiger partial charge in [0.2, 0.25) is 0 Å². The van der Waals surface area contributed by atoms with Crippen molar-refractivity contribution in [1.29, 1.82) is 5.26 Å². The van der Waals surface area contributed by atoms with E-state index >= 15 is 0 Å². The Kier molecular flexibility index (Phi) is 6.20. The molecular formula is C25H23N5O2S2. The Labute approximate surface area is 203 Å². The maximum Gasteiger partial charge on any atom is 0.253 e. The fourth-order valence-electron chi connectivity index (χ4n) is 4.41. The number of H-pyrrole nitrogens is 1. The summed E-state index contributed by atoms with van der Waals surface area (Å²) >= 11 is 1.22. The van der Waals surface area contributed by atoms with Crippen molar-refractivity contribution < 1.29 is 8.42 Å². The number of nitriles is 1. The molecule has 1 aliphatic heterocycles. The van der Waals surface area contributed by atoms with Gasteiger partial charge in [0.25, 0.3) is 10.0 Å². The van der Waals surface area contributed by atoms with Crippen LogP contribution in [0.25, 0.3) is 0 Å². The van der Waals surface area contributed by atoms with Gasteiger partial charge in [-0.05, 0) is 47.2 Å². The molecule has 172 valence electrons. The Bertz CT molecular complexity index is 1400. The standard InChI is InChI=1S/C25H23N5O2S2/c26-15-20-8-9-23-21(13-20)16-30(34(31,32)25-7-4-12-33-25)22(14-19-5-2-1-3-6-19)17-29(23)18-24-27-10-11-28-24/h1-13,22H,14,16-18H2,(H,27,28)/t22-/m0/s1. The van der Waals surface area contributed by atoms with Crippen LogP contribution in [0.2, 0.25) is 0 Å². The predicted octanol–water partition coefficient (Wildman–Crippen LogP) is 4.17. The van der Waals surface area contributed by atoms with E-state index < -0.39 is 10.0 Å². The first-order valence-electron chi connectivity index (χ1n) is 10.9. The molecule has 0 spiro atoms. The van der Waals surface area contributed by atoms with Crippen molar-refractivity contribution in [2.75, 3.05) is 11.4 Å². The Balaban J connectivity index is 1.62. The van der Waals surface area contributed by atoms with E-state index in [1.165, 1.54) is 11.3 Å². The van der Waals surface area contributed by atoms with Gasteiger partial charge < -0.3 is 9.88 Å². The van der Waals surface area contributed by atoms with Crippen LogP contribution in [0.4, 0.5) is 5.69 Å². The number of thiophene rings is 1. The number of anilines is 1. The van der Waals surface area contributed by atoms with E-state index in [1.54, 1.807) is 46.3 Å². The number of rotatable bonds is 6. The van der Waals surface area contributed by atoms with Crippen molar-refractivity contribution in [2.24, 2.45) is 0 Å². The van der Waals surface area contributed by atoms with Gasteiger partial charge in [-0.25, -0.2) is 13.4 Å². The number of aromatic nitrogens is 2. The van der Waals surface area contributed by atoms with E-state index in [1.807, 2.05) is 36.4 Å². The summed E-state index contributed by atoms with van der Waals surface area (Å²) < 4.78 is 29.6. The van der Waals surface area contributed by atoms with Crippen LogP contribution in [0.5, 0.6) is 0 Å². The molecule has 9 heteroatoms. The van der Waals surface area contributed by atoms with Crippen LogP contribution in [0, 0.1) is 11.3 Å². The maximum absolute atomic E-state index is 13.8. The van der Waals surface area contributed by atoms with Gasteiger partial charge >= 0.3 is 0 Å². The summed E-state index contributed by atoms with van der Waals surface area (Å²) in [5.74, 6) is 0.795. The number of benzene rings is 2. The fraction of sp³-hybridized carbons (Fsp3) is 0.200. The molecule has 7 nitrogen and oxygen atoms in total. The molecule has 0 aliphatic carbocycles. The average molecular weight is 490 g/mol. The Hall–Kier alpha value is -3.45. The quantitative estimate of drug-likeness (QED) is 0.439. The monoisotopic (exact) mass is 489 g/mol. The summed E-state index contributed by atoms with van der Waals surface area (Å²) in [4.78, 5) is 9.70. The van der Waals surface area contributed by atoms with Gasteiger partial charge in [0.15, 0.2) is 0 Å². The van der Waals surface area contributed by atoms with E-state index in [-0.39, 0.29) is 12.6 Å². The number of hydrogen-bond donors (Lipinski definition) is 1. The van der Waals surface area contributed by atoms with Crippen molar-refractivity contribution >= 4 is 27.0 Å². The van der Waals surface area contributed by atoms with Crippen molar-refractivity contribution in [2.45, 2.75) is 29.8 Å². The summed E-state index contributed by atoms with van der Waals surface area (Å²) in [7, 11) is -3.74. The van der Waals surface area contributed by atoms with Crippen LogP contribution in [0.15, 0.2) is 82.6 Å². The van der Waals surface area contributed by atoms with Gasteiger partial charge in [0.05, 0.1) is 18.2 Å². The second-order valence-corrected chi connectivity index (χ2v) is 11.3. The minimum atomic E-state index is -3.74. The van der Waals surface area contributed by atoms with Gasteiger partial charge in [0.1, 0.15) is 10.0 Å². The minimum Gasteiger partial charge on any atom is -0.362 e. The number of sulfonamides is 1. The van der Waals surface area contributed by atoms with Crippen LogP contribution < -0.4 is 4.90 Å². The highest BCUT2D eigenvalue weighted by Crippen LogP contribution is 2.34. The molecule has 0 radical (unpaired) electrons. The molecule has 1 atom stereocenters. The van der Waals surface area contributed by atoms with Crippen LogP contribution in [-0.4, -0.2) is 35.3 Å². The first-order valence-corrected chi connectivity index (χ1v) is 13.2. The van der Waals surface area contributed by atoms with Crippen molar-refractivity contribution in [1.82, 2.24) is 14.3 Å². The highest BCUT2D eigenvalue weighted by molar-refractivity contribution is 7.91. The fourth-order valence-corrected chi connectivity index (χ4v) is 7.12. The molecule has 0 bridgehead atoms. The van der Waals surface area contributed by atoms with Crippen molar-refractivity contribution in [3.8, 4) is 6.07 Å². The van der Waals surface area contributed by atoms with Crippen LogP contribution in [0.3, 0.4) is 0 Å². The van der Waals surface area contributed by atoms with E-state index in [9.17, 15) is 13.7 Å². The molecule has 2 aromatic carbocycles. The zero-order chi connectivity index (χ0) is 23.5. The number of nitrogens with zero attached hydrogens (tertiary/aromatic N) is 4. The summed E-state index contributed by atoms with van der Waals surface area (Å²) in [6, 6.07) is 20.7. The lowest BCUT2D eigenvalue weighted by Gasteiger charge is -2.31. The molecule has 2 aromatic heterocycles. The molecule has 0 fully saturated rings. The molecule has 0 unspecified atom stereocenters. The first-order chi connectivity index (χ1) is 16.5. The Morgan fingerprint density at radius 1 is 1.15 bits per heavy atom. The third-order valence-corrected chi connectivity index (χ3v) is 9.25. The average Bonchev–Trinajstić information content (AvgIpc) is 3.55. The molecule has 0 saturated carbocycles.